The van der Waals surface area contributed by atoms with E-state index in [-0.39, 0.29) is 12.3 Å². The van der Waals surface area contributed by atoms with Crippen molar-refractivity contribution in [3.05, 3.63) is 29.4 Å². The molecule has 6 nitrogen and oxygen atoms in total. The Morgan fingerprint density at radius 3 is 2.61 bits per heavy atom. The molecule has 7 heteroatoms. The second kappa shape index (κ2) is 15.3. The van der Waals surface area contributed by atoms with Crippen molar-refractivity contribution in [1.29, 1.82) is 0 Å². The second-order valence-electron chi connectivity index (χ2n) is 8.81. The fraction of sp³-hybridized carbons (Fsp3) is 0.750. The first-order valence-corrected chi connectivity index (χ1v) is 14.9. The lowest BCUT2D eigenvalue weighted by Gasteiger charge is -2.22. The summed E-state index contributed by atoms with van der Waals surface area (Å²) in [5.41, 5.74) is 4.32. The molecule has 1 heterocycles. The molecule has 0 aromatic heterocycles. The van der Waals surface area contributed by atoms with Crippen LogP contribution in [0.2, 0.25) is 19.6 Å². The Labute approximate surface area is 189 Å². The number of allylic oxidation sites excluding steroid dienone is 2. The van der Waals surface area contributed by atoms with Gasteiger partial charge in [-0.3, -0.25) is 4.79 Å². The van der Waals surface area contributed by atoms with Crippen molar-refractivity contribution in [1.82, 2.24) is 0 Å². The number of rotatable bonds is 14. The lowest BCUT2D eigenvalue weighted by molar-refractivity contribution is -0.155. The number of methoxy groups -OCH3 is 1. The Bertz CT molecular complexity index is 610. The van der Waals surface area contributed by atoms with Gasteiger partial charge in [-0.25, -0.2) is 0 Å². The molecule has 0 aromatic rings. The van der Waals surface area contributed by atoms with Crippen molar-refractivity contribution in [2.24, 2.45) is 5.92 Å². The van der Waals surface area contributed by atoms with Crippen LogP contribution in [0, 0.1) is 5.92 Å². The monoisotopic (exact) mass is 454 g/mol. The van der Waals surface area contributed by atoms with Gasteiger partial charge in [-0.1, -0.05) is 19.1 Å². The highest BCUT2D eigenvalue weighted by molar-refractivity contribution is 6.69. The Morgan fingerprint density at radius 1 is 1.23 bits per heavy atom. The van der Waals surface area contributed by atoms with Crippen LogP contribution in [0.5, 0.6) is 0 Å². The predicted octanol–water partition coefficient (Wildman–Crippen LogP) is 5.71. The maximum Gasteiger partial charge on any atom is 0.313 e. The van der Waals surface area contributed by atoms with Crippen LogP contribution in [-0.4, -0.2) is 47.5 Å². The first kappa shape index (κ1) is 27.5. The first-order chi connectivity index (χ1) is 14.7. The van der Waals surface area contributed by atoms with Crippen LogP contribution in [0.4, 0.5) is 0 Å². The summed E-state index contributed by atoms with van der Waals surface area (Å²) >= 11 is 0. The maximum absolute atomic E-state index is 11.6. The molecule has 1 aliphatic heterocycles. The average Bonchev–Trinajstić information content (AvgIpc) is 2.72. The van der Waals surface area contributed by atoms with E-state index in [0.29, 0.717) is 37.9 Å². The quantitative estimate of drug-likeness (QED) is 0.110. The van der Waals surface area contributed by atoms with Gasteiger partial charge in [0.25, 0.3) is 0 Å². The zero-order valence-electron chi connectivity index (χ0n) is 20.3. The normalized spacial score (nSPS) is 17.7. The fourth-order valence-corrected chi connectivity index (χ4v) is 3.71. The molecule has 0 amide bonds. The molecule has 0 saturated carbocycles. The summed E-state index contributed by atoms with van der Waals surface area (Å²) < 4.78 is 27.8. The highest BCUT2D eigenvalue weighted by Gasteiger charge is 2.19. The zero-order chi connectivity index (χ0) is 23.1. The molecule has 31 heavy (non-hydrogen) atoms. The van der Waals surface area contributed by atoms with E-state index in [4.69, 9.17) is 23.4 Å². The Kier molecular flexibility index (Phi) is 13.6. The Hall–Kier alpha value is -1.53. The van der Waals surface area contributed by atoms with Crippen molar-refractivity contribution in [2.45, 2.75) is 84.7 Å². The van der Waals surface area contributed by atoms with Crippen molar-refractivity contribution in [3.8, 4) is 0 Å². The van der Waals surface area contributed by atoms with Crippen molar-refractivity contribution in [3.63, 3.8) is 0 Å². The molecule has 1 aliphatic rings. The Morgan fingerprint density at radius 2 is 2.00 bits per heavy atom. The highest BCUT2D eigenvalue weighted by Crippen LogP contribution is 2.20. The third-order valence-corrected chi connectivity index (χ3v) is 5.49. The number of hydrogen-bond acceptors (Lipinski definition) is 6. The van der Waals surface area contributed by atoms with Crippen LogP contribution >= 0.6 is 0 Å². The third kappa shape index (κ3) is 14.2. The lowest BCUT2D eigenvalue weighted by Crippen LogP contribution is -2.25. The molecule has 2 unspecified atom stereocenters. The number of hydrogen-bond donors (Lipinski definition) is 0. The summed E-state index contributed by atoms with van der Waals surface area (Å²) in [6.07, 6.45) is 10.1. The van der Waals surface area contributed by atoms with Crippen LogP contribution < -0.4 is 0 Å². The molecule has 178 valence electrons. The average molecular weight is 455 g/mol. The standard InChI is InChI=1S/C24H42O6Si/c1-7-27-24(30-31(4,5)6)19-21(15-16-22(25)26-3)14-13-20(2)11-10-18-29-23-12-8-9-17-28-23/h10-11,20,23H,7-9,12-18H2,1-6H3/b11-10+. The molecule has 0 bridgehead atoms. The van der Waals surface area contributed by atoms with E-state index in [1.165, 1.54) is 13.5 Å². The number of carbonyl (C=O) groups is 1. The topological polar surface area (TPSA) is 63.2 Å². The zero-order valence-corrected chi connectivity index (χ0v) is 21.3. The Balaban J connectivity index is 2.68. The largest absolute Gasteiger partial charge is 0.514 e. The van der Waals surface area contributed by atoms with Gasteiger partial charge in [0, 0.05) is 13.0 Å². The van der Waals surface area contributed by atoms with Gasteiger partial charge in [0.2, 0.25) is 8.32 Å². The summed E-state index contributed by atoms with van der Waals surface area (Å²) in [6.45, 7) is 12.3. The van der Waals surface area contributed by atoms with E-state index >= 15 is 0 Å². The molecule has 0 aromatic carbocycles. The summed E-state index contributed by atoms with van der Waals surface area (Å²) in [6, 6.07) is 0. The van der Waals surface area contributed by atoms with E-state index in [2.05, 4.69) is 44.4 Å². The van der Waals surface area contributed by atoms with E-state index in [9.17, 15) is 4.79 Å². The smallest absolute Gasteiger partial charge is 0.313 e. The molecular formula is C24H42O6Si. The maximum atomic E-state index is 11.6. The van der Waals surface area contributed by atoms with Crippen molar-refractivity contribution < 1.29 is 28.2 Å². The molecular weight excluding hydrogens is 412 g/mol. The lowest BCUT2D eigenvalue weighted by atomic mass is 9.98. The SMILES string of the molecule is CCOC(=C=C(CCC(=O)OC)CCC(C)/C=C/COC1CCCCO1)O[Si](C)(C)C. The molecule has 0 spiro atoms. The predicted molar refractivity (Wildman–Crippen MR) is 125 cm³/mol. The van der Waals surface area contributed by atoms with Gasteiger partial charge >= 0.3 is 11.9 Å². The van der Waals surface area contributed by atoms with Crippen molar-refractivity contribution in [2.75, 3.05) is 26.9 Å². The number of esters is 1. The minimum atomic E-state index is -1.82. The summed E-state index contributed by atoms with van der Waals surface area (Å²) in [5.74, 6) is 0.586. The van der Waals surface area contributed by atoms with Crippen LogP contribution in [-0.2, 0) is 28.2 Å². The summed E-state index contributed by atoms with van der Waals surface area (Å²) in [5, 5.41) is 0. The molecule has 1 rings (SSSR count). The minimum Gasteiger partial charge on any atom is -0.514 e. The van der Waals surface area contributed by atoms with E-state index in [1.54, 1.807) is 0 Å². The van der Waals surface area contributed by atoms with Crippen LogP contribution in [0.25, 0.3) is 0 Å². The van der Waals surface area contributed by atoms with Gasteiger partial charge in [-0.15, -0.1) is 0 Å². The molecule has 0 N–H and O–H groups in total. The fourth-order valence-electron chi connectivity index (χ4n) is 3.04. The molecule has 1 saturated heterocycles. The first-order valence-electron chi connectivity index (χ1n) is 11.5. The molecule has 0 aliphatic carbocycles. The van der Waals surface area contributed by atoms with Gasteiger partial charge < -0.3 is 23.4 Å². The minimum absolute atomic E-state index is 0.0601. The van der Waals surface area contributed by atoms with E-state index in [0.717, 1.165) is 37.9 Å². The van der Waals surface area contributed by atoms with Crippen LogP contribution in [0.3, 0.4) is 0 Å². The van der Waals surface area contributed by atoms with Gasteiger partial charge in [0.05, 0.1) is 20.3 Å². The van der Waals surface area contributed by atoms with Crippen LogP contribution in [0.1, 0.15) is 58.8 Å². The molecule has 1 fully saturated rings. The number of carbonyl (C=O) groups excluding carboxylic acids is 1. The van der Waals surface area contributed by atoms with Gasteiger partial charge in [-0.05, 0) is 82.3 Å². The van der Waals surface area contributed by atoms with Crippen molar-refractivity contribution >= 4 is 14.3 Å². The summed E-state index contributed by atoms with van der Waals surface area (Å²) in [7, 11) is -0.410. The highest BCUT2D eigenvalue weighted by atomic mass is 28.4. The third-order valence-electron chi connectivity index (χ3n) is 4.69. The van der Waals surface area contributed by atoms with E-state index < -0.39 is 8.32 Å². The molecule has 0 radical (unpaired) electrons. The number of ether oxygens (including phenoxy) is 4. The van der Waals surface area contributed by atoms with Crippen LogP contribution in [0.15, 0.2) is 29.4 Å². The molecule has 2 atom stereocenters. The van der Waals surface area contributed by atoms with Gasteiger partial charge in [0.1, 0.15) is 0 Å². The van der Waals surface area contributed by atoms with E-state index in [1.807, 2.05) is 6.92 Å². The van der Waals surface area contributed by atoms with Gasteiger partial charge in [0.15, 0.2) is 6.29 Å². The second-order valence-corrected chi connectivity index (χ2v) is 13.2. The van der Waals surface area contributed by atoms with Gasteiger partial charge in [-0.2, -0.15) is 0 Å². The summed E-state index contributed by atoms with van der Waals surface area (Å²) in [4.78, 5) is 11.6.